The van der Waals surface area contributed by atoms with Crippen LogP contribution in [0.3, 0.4) is 0 Å². The van der Waals surface area contributed by atoms with Crippen LogP contribution in [-0.4, -0.2) is 34.7 Å². The molecule has 0 bridgehead atoms. The minimum atomic E-state index is -2.05. The maximum atomic E-state index is 13.9. The first kappa shape index (κ1) is 31.3. The minimum absolute atomic E-state index is 0.0364. The van der Waals surface area contributed by atoms with E-state index in [-0.39, 0.29) is 39.7 Å². The Bertz CT molecular complexity index is 2190. The van der Waals surface area contributed by atoms with Crippen LogP contribution in [0.2, 0.25) is 0 Å². The highest BCUT2D eigenvalue weighted by atomic mass is 16.5. The molecule has 12 heteroatoms. The van der Waals surface area contributed by atoms with Crippen molar-refractivity contribution in [1.82, 2.24) is 0 Å². The molecule has 2 aromatic heterocycles. The predicted octanol–water partition coefficient (Wildman–Crippen LogP) is 5.44. The van der Waals surface area contributed by atoms with Gasteiger partial charge >= 0.3 is 29.2 Å². The second-order valence-corrected chi connectivity index (χ2v) is 10.3. The summed E-state index contributed by atoms with van der Waals surface area (Å²) < 4.78 is 27.8. The summed E-state index contributed by atoms with van der Waals surface area (Å²) in [5, 5.41) is 20.8. The fourth-order valence-electron chi connectivity index (χ4n) is 5.18. The average molecular weight is 649 g/mol. The SMILES string of the molecule is CCOC(=O)C(c1c(OC(=O)c2ccccc2O)c2ccccc2oc1=O)c1c(OC(=O)c2ccccc2O)c2ccccc2oc1=O. The van der Waals surface area contributed by atoms with E-state index in [4.69, 9.17) is 23.0 Å². The molecule has 0 radical (unpaired) electrons. The normalized spacial score (nSPS) is 11.0. The molecule has 0 aliphatic rings. The van der Waals surface area contributed by atoms with Crippen LogP contribution in [0.4, 0.5) is 0 Å². The van der Waals surface area contributed by atoms with Gasteiger partial charge in [-0.1, -0.05) is 48.5 Å². The summed E-state index contributed by atoms with van der Waals surface area (Å²) in [7, 11) is 0. The molecule has 6 aromatic rings. The molecule has 2 heterocycles. The van der Waals surface area contributed by atoms with Gasteiger partial charge in [0.1, 0.15) is 50.8 Å². The summed E-state index contributed by atoms with van der Waals surface area (Å²) in [6, 6.07) is 22.9. The number of carbonyl (C=O) groups is 3. The lowest BCUT2D eigenvalue weighted by Gasteiger charge is -2.21. The molecular weight excluding hydrogens is 624 g/mol. The van der Waals surface area contributed by atoms with Gasteiger partial charge in [0, 0.05) is 0 Å². The fraction of sp³-hybridized carbons (Fsp3) is 0.0833. The number of hydrogen-bond acceptors (Lipinski definition) is 12. The van der Waals surface area contributed by atoms with Crippen LogP contribution < -0.4 is 20.7 Å². The number of phenols is 2. The average Bonchev–Trinajstić information content (AvgIpc) is 3.07. The lowest BCUT2D eigenvalue weighted by Crippen LogP contribution is -2.30. The van der Waals surface area contributed by atoms with Crippen LogP contribution in [0, 0.1) is 0 Å². The summed E-state index contributed by atoms with van der Waals surface area (Å²) in [6.07, 6.45) is 0. The van der Waals surface area contributed by atoms with Crippen LogP contribution in [0.1, 0.15) is 44.7 Å². The molecule has 0 saturated carbocycles. The molecule has 0 aliphatic carbocycles. The minimum Gasteiger partial charge on any atom is -0.507 e. The highest BCUT2D eigenvalue weighted by molar-refractivity contribution is 6.00. The van der Waals surface area contributed by atoms with E-state index in [9.17, 15) is 34.2 Å². The summed E-state index contributed by atoms with van der Waals surface area (Å²) in [6.45, 7) is 1.27. The van der Waals surface area contributed by atoms with Gasteiger partial charge in [0.05, 0.1) is 17.4 Å². The van der Waals surface area contributed by atoms with Gasteiger partial charge in [-0.05, 0) is 55.5 Å². The van der Waals surface area contributed by atoms with Crippen molar-refractivity contribution in [3.05, 3.63) is 140 Å². The Morgan fingerprint density at radius 2 is 1.02 bits per heavy atom. The van der Waals surface area contributed by atoms with Gasteiger partial charge in [0.15, 0.2) is 11.5 Å². The van der Waals surface area contributed by atoms with E-state index in [1.807, 2.05) is 0 Å². The van der Waals surface area contributed by atoms with E-state index in [1.54, 1.807) is 24.3 Å². The van der Waals surface area contributed by atoms with Crippen molar-refractivity contribution in [3.63, 3.8) is 0 Å². The van der Waals surface area contributed by atoms with E-state index < -0.39 is 69.2 Å². The second-order valence-electron chi connectivity index (χ2n) is 10.3. The molecule has 0 fully saturated rings. The van der Waals surface area contributed by atoms with Gasteiger partial charge in [-0.25, -0.2) is 19.2 Å². The second kappa shape index (κ2) is 13.0. The van der Waals surface area contributed by atoms with E-state index in [0.29, 0.717) is 0 Å². The maximum absolute atomic E-state index is 13.9. The molecule has 0 spiro atoms. The number of benzene rings is 4. The number of esters is 3. The lowest BCUT2D eigenvalue weighted by molar-refractivity contribution is -0.144. The van der Waals surface area contributed by atoms with Crippen LogP contribution in [0.15, 0.2) is 115 Å². The smallest absolute Gasteiger partial charge is 0.347 e. The summed E-state index contributed by atoms with van der Waals surface area (Å²) in [5.41, 5.74) is -4.31. The van der Waals surface area contributed by atoms with Crippen LogP contribution in [0.25, 0.3) is 21.9 Å². The molecule has 240 valence electrons. The third-order valence-corrected chi connectivity index (χ3v) is 7.33. The zero-order chi connectivity index (χ0) is 33.9. The molecule has 2 N–H and O–H groups in total. The zero-order valence-corrected chi connectivity index (χ0v) is 25.0. The number of ether oxygens (including phenoxy) is 3. The standard InChI is InChI=1S/C36H24O12/c1-2-44-34(41)27(28-30(21-13-5-9-17-25(21)45-35(28)42)47-32(39)19-11-3-7-15-23(19)37)29-31(22-14-6-10-18-26(22)46-36(29)43)48-33(40)20-12-4-8-16-24(20)38/h3-18,27,37-38H,2H2,1H3. The van der Waals surface area contributed by atoms with Gasteiger partial charge in [-0.15, -0.1) is 0 Å². The number of hydrogen-bond donors (Lipinski definition) is 2. The number of rotatable bonds is 8. The molecule has 6 rings (SSSR count). The van der Waals surface area contributed by atoms with E-state index >= 15 is 0 Å². The Balaban J connectivity index is 1.66. The topological polar surface area (TPSA) is 180 Å². The Labute approximate surface area is 270 Å². The number of aromatic hydroxyl groups is 2. The molecule has 12 nitrogen and oxygen atoms in total. The molecule has 0 saturated heterocycles. The fourth-order valence-corrected chi connectivity index (χ4v) is 5.18. The summed E-state index contributed by atoms with van der Waals surface area (Å²) in [5.74, 6) is -7.27. The van der Waals surface area contributed by atoms with Gasteiger partial charge in [-0.3, -0.25) is 4.79 Å². The van der Waals surface area contributed by atoms with Crippen molar-refractivity contribution in [2.75, 3.05) is 6.61 Å². The van der Waals surface area contributed by atoms with Crippen LogP contribution in [-0.2, 0) is 9.53 Å². The third-order valence-electron chi connectivity index (χ3n) is 7.33. The predicted molar refractivity (Wildman–Crippen MR) is 170 cm³/mol. The maximum Gasteiger partial charge on any atom is 0.347 e. The Hall–Kier alpha value is -6.69. The first-order valence-corrected chi connectivity index (χ1v) is 14.5. The lowest BCUT2D eigenvalue weighted by atomic mass is 9.90. The highest BCUT2D eigenvalue weighted by Crippen LogP contribution is 2.41. The molecule has 48 heavy (non-hydrogen) atoms. The first-order chi connectivity index (χ1) is 23.2. The monoisotopic (exact) mass is 648 g/mol. The van der Waals surface area contributed by atoms with Gasteiger partial charge in [0.2, 0.25) is 0 Å². The summed E-state index contributed by atoms with van der Waals surface area (Å²) in [4.78, 5) is 68.5. The highest BCUT2D eigenvalue weighted by Gasteiger charge is 2.40. The third kappa shape index (κ3) is 5.73. The molecular formula is C36H24O12. The van der Waals surface area contributed by atoms with E-state index in [2.05, 4.69) is 0 Å². The van der Waals surface area contributed by atoms with E-state index in [1.165, 1.54) is 79.7 Å². The van der Waals surface area contributed by atoms with Crippen LogP contribution in [0.5, 0.6) is 23.0 Å². The van der Waals surface area contributed by atoms with Gasteiger partial charge in [-0.2, -0.15) is 0 Å². The molecule has 0 atom stereocenters. The number of phenolic OH excluding ortho intramolecular Hbond substituents is 2. The summed E-state index contributed by atoms with van der Waals surface area (Å²) >= 11 is 0. The Morgan fingerprint density at radius 3 is 1.44 bits per heavy atom. The Kier molecular flexibility index (Phi) is 8.46. The largest absolute Gasteiger partial charge is 0.507 e. The van der Waals surface area contributed by atoms with E-state index in [0.717, 1.165) is 0 Å². The van der Waals surface area contributed by atoms with Crippen molar-refractivity contribution in [3.8, 4) is 23.0 Å². The molecule has 0 aliphatic heterocycles. The quantitative estimate of drug-likeness (QED) is 0.158. The first-order valence-electron chi connectivity index (χ1n) is 14.5. The van der Waals surface area contributed by atoms with Gasteiger partial charge < -0.3 is 33.3 Å². The zero-order valence-electron chi connectivity index (χ0n) is 25.0. The van der Waals surface area contributed by atoms with Crippen molar-refractivity contribution in [1.29, 1.82) is 0 Å². The van der Waals surface area contributed by atoms with Crippen molar-refractivity contribution >= 4 is 39.8 Å². The molecule has 0 unspecified atom stereocenters. The number of para-hydroxylation sites is 4. The van der Waals surface area contributed by atoms with Gasteiger partial charge in [0.25, 0.3) is 0 Å². The number of fused-ring (bicyclic) bond motifs is 2. The van der Waals surface area contributed by atoms with Crippen molar-refractivity contribution in [2.45, 2.75) is 12.8 Å². The van der Waals surface area contributed by atoms with Crippen LogP contribution >= 0.6 is 0 Å². The molecule has 0 amide bonds. The molecule has 4 aromatic carbocycles. The Morgan fingerprint density at radius 1 is 0.625 bits per heavy atom. The number of carbonyl (C=O) groups excluding carboxylic acids is 3. The van der Waals surface area contributed by atoms with Crippen molar-refractivity contribution in [2.24, 2.45) is 0 Å². The van der Waals surface area contributed by atoms with Crippen molar-refractivity contribution < 1.29 is 47.6 Å².